The minimum atomic E-state index is -0.339. The van der Waals surface area contributed by atoms with Crippen LogP contribution in [0, 0.1) is 19.8 Å². The molecule has 6 nitrogen and oxygen atoms in total. The van der Waals surface area contributed by atoms with Gasteiger partial charge in [0.25, 0.3) is 17.7 Å². The number of anilines is 1. The molecule has 1 fully saturated rings. The summed E-state index contributed by atoms with van der Waals surface area (Å²) >= 11 is 0. The van der Waals surface area contributed by atoms with Gasteiger partial charge in [-0.25, -0.2) is 4.90 Å². The molecule has 33 heavy (non-hydrogen) atoms. The van der Waals surface area contributed by atoms with Gasteiger partial charge in [-0.15, -0.1) is 0 Å². The molecule has 1 saturated heterocycles. The molecule has 1 atom stereocenters. The van der Waals surface area contributed by atoms with Crippen LogP contribution in [0.1, 0.15) is 59.8 Å². The maximum Gasteiger partial charge on any atom is 0.281 e. The van der Waals surface area contributed by atoms with Gasteiger partial charge in [-0.1, -0.05) is 30.7 Å². The summed E-state index contributed by atoms with van der Waals surface area (Å²) in [5.41, 5.74) is 4.81. The number of likely N-dealkylation sites (tertiary alicyclic amines) is 1. The second-order valence-electron chi connectivity index (χ2n) is 9.28. The van der Waals surface area contributed by atoms with Gasteiger partial charge in [0, 0.05) is 24.7 Å². The number of nitrogens with one attached hydrogen (secondary N) is 1. The number of carbonyl (C=O) groups is 3. The molecule has 1 N–H and O–H groups in total. The van der Waals surface area contributed by atoms with Crippen LogP contribution in [0.4, 0.5) is 5.69 Å². The Morgan fingerprint density at radius 3 is 2.33 bits per heavy atom. The van der Waals surface area contributed by atoms with Crippen molar-refractivity contribution in [3.8, 4) is 0 Å². The van der Waals surface area contributed by atoms with Gasteiger partial charge in [0.2, 0.25) is 0 Å². The number of hydrogen-bond acceptors (Lipinski definition) is 4. The van der Waals surface area contributed by atoms with Crippen LogP contribution < -0.4 is 10.2 Å². The molecule has 2 heterocycles. The van der Waals surface area contributed by atoms with Gasteiger partial charge in [-0.05, 0) is 74.9 Å². The van der Waals surface area contributed by atoms with Crippen LogP contribution in [0.2, 0.25) is 0 Å². The van der Waals surface area contributed by atoms with Crippen LogP contribution in [0.5, 0.6) is 0 Å². The van der Waals surface area contributed by atoms with E-state index >= 15 is 0 Å². The molecule has 0 radical (unpaired) electrons. The summed E-state index contributed by atoms with van der Waals surface area (Å²) in [5.74, 6) is -0.194. The van der Waals surface area contributed by atoms with Gasteiger partial charge in [-0.3, -0.25) is 14.4 Å². The fourth-order valence-corrected chi connectivity index (χ4v) is 4.61. The zero-order chi connectivity index (χ0) is 23.7. The number of carbonyl (C=O) groups excluding carboxylic acids is 3. The maximum absolute atomic E-state index is 13.0. The molecule has 0 aromatic heterocycles. The van der Waals surface area contributed by atoms with Crippen LogP contribution in [0.3, 0.4) is 0 Å². The van der Waals surface area contributed by atoms with Gasteiger partial charge in [0.1, 0.15) is 5.70 Å². The van der Waals surface area contributed by atoms with Gasteiger partial charge in [0.15, 0.2) is 0 Å². The molecule has 4 rings (SSSR count). The molecule has 2 aromatic carbocycles. The first-order valence-electron chi connectivity index (χ1n) is 11.6. The maximum atomic E-state index is 13.0. The number of aryl methyl sites for hydroxylation is 2. The Balaban J connectivity index is 1.43. The molecule has 6 heteroatoms. The smallest absolute Gasteiger partial charge is 0.281 e. The van der Waals surface area contributed by atoms with E-state index in [4.69, 9.17) is 0 Å². The Labute approximate surface area is 195 Å². The topological polar surface area (TPSA) is 69.7 Å². The lowest BCUT2D eigenvalue weighted by Crippen LogP contribution is -2.38. The number of rotatable bonds is 5. The Hall–Kier alpha value is -3.41. The monoisotopic (exact) mass is 445 g/mol. The SMILES string of the molecule is Cc1ccc([C@@H](C)NC(=O)c2ccc(N3C(=O)C=C(N4CCC(C)CC4)C3=O)cc2)c(C)c1. The molecule has 2 aliphatic rings. The number of piperidine rings is 1. The van der Waals surface area contributed by atoms with Crippen molar-refractivity contribution in [1.82, 2.24) is 10.2 Å². The lowest BCUT2D eigenvalue weighted by atomic mass is 9.99. The minimum absolute atomic E-state index is 0.140. The van der Waals surface area contributed by atoms with E-state index in [1.54, 1.807) is 24.3 Å². The predicted octanol–water partition coefficient (Wildman–Crippen LogP) is 4.28. The van der Waals surface area contributed by atoms with Crippen molar-refractivity contribution in [3.63, 3.8) is 0 Å². The highest BCUT2D eigenvalue weighted by atomic mass is 16.2. The summed E-state index contributed by atoms with van der Waals surface area (Å²) < 4.78 is 0. The van der Waals surface area contributed by atoms with Crippen molar-refractivity contribution in [3.05, 3.63) is 76.5 Å². The van der Waals surface area contributed by atoms with Crippen LogP contribution in [-0.2, 0) is 9.59 Å². The average Bonchev–Trinajstić information content (AvgIpc) is 3.08. The largest absolute Gasteiger partial charge is 0.367 e. The first-order valence-corrected chi connectivity index (χ1v) is 11.6. The Morgan fingerprint density at radius 1 is 1.03 bits per heavy atom. The summed E-state index contributed by atoms with van der Waals surface area (Å²) in [6.07, 6.45) is 3.47. The van der Waals surface area contributed by atoms with E-state index in [2.05, 4.69) is 18.3 Å². The zero-order valence-electron chi connectivity index (χ0n) is 19.7. The van der Waals surface area contributed by atoms with Crippen molar-refractivity contribution < 1.29 is 14.4 Å². The van der Waals surface area contributed by atoms with Crippen molar-refractivity contribution in [2.75, 3.05) is 18.0 Å². The number of amides is 3. The fraction of sp³-hybridized carbons (Fsp3) is 0.370. The lowest BCUT2D eigenvalue weighted by molar-refractivity contribution is -0.121. The van der Waals surface area contributed by atoms with Crippen molar-refractivity contribution in [2.24, 2.45) is 5.92 Å². The third-order valence-electron chi connectivity index (χ3n) is 6.65. The standard InChI is InChI=1S/C27H31N3O3/c1-17-11-13-29(14-12-17)24-16-25(31)30(27(24)33)22-8-6-21(7-9-22)26(32)28-20(4)23-10-5-18(2)15-19(23)3/h5-10,15-17,20H,11-14H2,1-4H3,(H,28,32)/t20-/m1/s1. The number of nitrogens with zero attached hydrogens (tertiary/aromatic N) is 2. The van der Waals surface area contributed by atoms with Crippen molar-refractivity contribution in [1.29, 1.82) is 0 Å². The molecule has 2 aliphatic heterocycles. The van der Waals surface area contributed by atoms with E-state index in [9.17, 15) is 14.4 Å². The molecule has 0 saturated carbocycles. The van der Waals surface area contributed by atoms with Gasteiger partial charge < -0.3 is 10.2 Å². The first kappa shape index (κ1) is 22.8. The average molecular weight is 446 g/mol. The van der Waals surface area contributed by atoms with Gasteiger partial charge in [-0.2, -0.15) is 0 Å². The molecule has 0 unspecified atom stereocenters. The second-order valence-corrected chi connectivity index (χ2v) is 9.28. The Bertz CT molecular complexity index is 1110. The molecular formula is C27H31N3O3. The van der Waals surface area contributed by atoms with E-state index in [0.717, 1.165) is 37.1 Å². The molecule has 0 aliphatic carbocycles. The van der Waals surface area contributed by atoms with E-state index in [1.165, 1.54) is 16.5 Å². The Kier molecular flexibility index (Phi) is 6.36. The summed E-state index contributed by atoms with van der Waals surface area (Å²) in [5, 5.41) is 3.03. The summed E-state index contributed by atoms with van der Waals surface area (Å²) in [7, 11) is 0. The van der Waals surface area contributed by atoms with E-state index in [1.807, 2.05) is 37.8 Å². The summed E-state index contributed by atoms with van der Waals surface area (Å²) in [4.78, 5) is 41.6. The second kappa shape index (κ2) is 9.22. The van der Waals surface area contributed by atoms with Crippen molar-refractivity contribution in [2.45, 2.75) is 46.6 Å². The molecule has 0 bridgehead atoms. The fourth-order valence-electron chi connectivity index (χ4n) is 4.61. The molecule has 3 amide bonds. The summed E-state index contributed by atoms with van der Waals surface area (Å²) in [6.45, 7) is 9.83. The first-order chi connectivity index (χ1) is 15.7. The number of benzene rings is 2. The number of hydrogen-bond donors (Lipinski definition) is 1. The molecule has 172 valence electrons. The van der Waals surface area contributed by atoms with Gasteiger partial charge in [0.05, 0.1) is 11.7 Å². The highest BCUT2D eigenvalue weighted by Gasteiger charge is 2.36. The van der Waals surface area contributed by atoms with Crippen LogP contribution in [-0.4, -0.2) is 35.7 Å². The van der Waals surface area contributed by atoms with Crippen LogP contribution in [0.15, 0.2) is 54.2 Å². The number of imide groups is 1. The third-order valence-corrected chi connectivity index (χ3v) is 6.65. The van der Waals surface area contributed by atoms with E-state index in [0.29, 0.717) is 22.9 Å². The normalized spacial score (nSPS) is 17.9. The van der Waals surface area contributed by atoms with E-state index < -0.39 is 0 Å². The third kappa shape index (κ3) is 4.70. The van der Waals surface area contributed by atoms with Crippen LogP contribution >= 0.6 is 0 Å². The minimum Gasteiger partial charge on any atom is -0.367 e. The zero-order valence-corrected chi connectivity index (χ0v) is 19.7. The quantitative estimate of drug-likeness (QED) is 0.698. The molecule has 0 spiro atoms. The van der Waals surface area contributed by atoms with E-state index in [-0.39, 0.29) is 23.8 Å². The molecular weight excluding hydrogens is 414 g/mol. The Morgan fingerprint density at radius 2 is 1.70 bits per heavy atom. The van der Waals surface area contributed by atoms with Crippen molar-refractivity contribution >= 4 is 23.4 Å². The lowest BCUT2D eigenvalue weighted by Gasteiger charge is -2.32. The highest BCUT2D eigenvalue weighted by Crippen LogP contribution is 2.28. The summed E-state index contributed by atoms with van der Waals surface area (Å²) in [6, 6.07) is 12.7. The highest BCUT2D eigenvalue weighted by molar-refractivity contribution is 6.30. The predicted molar refractivity (Wildman–Crippen MR) is 129 cm³/mol. The van der Waals surface area contributed by atoms with Crippen LogP contribution in [0.25, 0.3) is 0 Å². The van der Waals surface area contributed by atoms with Gasteiger partial charge >= 0.3 is 0 Å². The molecule has 2 aromatic rings.